The number of aryl methyl sites for hydroxylation is 1. The molecule has 2 N–H and O–H groups in total. The highest BCUT2D eigenvalue weighted by Gasteiger charge is 2.10. The van der Waals surface area contributed by atoms with Crippen LogP contribution in [-0.4, -0.2) is 26.6 Å². The number of carbonyl (C=O) groups is 1. The summed E-state index contributed by atoms with van der Waals surface area (Å²) in [4.78, 5) is 11.8. The molecule has 0 heterocycles. The fraction of sp³-hybridized carbons (Fsp3) is 0.211. The Bertz CT molecular complexity index is 881. The van der Waals surface area contributed by atoms with Crippen molar-refractivity contribution >= 4 is 33.6 Å². The number of rotatable bonds is 8. The van der Waals surface area contributed by atoms with Crippen LogP contribution in [0.1, 0.15) is 16.7 Å². The molecule has 1 amide bonds. The molecule has 2 aromatic carbocycles. The molecule has 2 aromatic rings. The Morgan fingerprint density at radius 2 is 1.88 bits per heavy atom. The fourth-order valence-corrected chi connectivity index (χ4v) is 3.20. The third-order valence-corrected chi connectivity index (χ3v) is 5.37. The zero-order chi connectivity index (χ0) is 19.0. The minimum absolute atomic E-state index is 0.0297. The highest BCUT2D eigenvalue weighted by atomic mass is 35.5. The number of benzene rings is 2. The van der Waals surface area contributed by atoms with Crippen molar-refractivity contribution in [1.29, 1.82) is 0 Å². The van der Waals surface area contributed by atoms with E-state index in [1.807, 2.05) is 49.4 Å². The summed E-state index contributed by atoms with van der Waals surface area (Å²) in [5.74, 6) is -0.546. The van der Waals surface area contributed by atoms with E-state index >= 15 is 0 Å². The lowest BCUT2D eigenvalue weighted by Gasteiger charge is -2.07. The van der Waals surface area contributed by atoms with Gasteiger partial charge in [0.2, 0.25) is 15.9 Å². The van der Waals surface area contributed by atoms with E-state index < -0.39 is 10.0 Å². The Labute approximate surface area is 159 Å². The largest absolute Gasteiger partial charge is 0.351 e. The molecule has 138 valence electrons. The van der Waals surface area contributed by atoms with Gasteiger partial charge in [0, 0.05) is 24.2 Å². The number of hydrogen-bond acceptors (Lipinski definition) is 3. The Morgan fingerprint density at radius 3 is 2.58 bits per heavy atom. The molecule has 5 nitrogen and oxygen atoms in total. The lowest BCUT2D eigenvalue weighted by molar-refractivity contribution is -0.116. The molecule has 7 heteroatoms. The van der Waals surface area contributed by atoms with E-state index in [1.54, 1.807) is 12.1 Å². The predicted octanol–water partition coefficient (Wildman–Crippen LogP) is 2.90. The van der Waals surface area contributed by atoms with Crippen LogP contribution in [0.4, 0.5) is 0 Å². The molecule has 0 aliphatic heterocycles. The summed E-state index contributed by atoms with van der Waals surface area (Å²) in [6.45, 7) is 2.15. The van der Waals surface area contributed by atoms with Crippen LogP contribution in [0.25, 0.3) is 6.08 Å². The average molecular weight is 393 g/mol. The number of sulfonamides is 1. The summed E-state index contributed by atoms with van der Waals surface area (Å²) in [7, 11) is -3.46. The molecule has 0 bridgehead atoms. The summed E-state index contributed by atoms with van der Waals surface area (Å²) >= 11 is 6.03. The normalized spacial score (nSPS) is 11.6. The monoisotopic (exact) mass is 392 g/mol. The number of carbonyl (C=O) groups excluding carboxylic acids is 1. The summed E-state index contributed by atoms with van der Waals surface area (Å²) in [5, 5.41) is 3.18. The summed E-state index contributed by atoms with van der Waals surface area (Å²) in [6, 6.07) is 14.7. The van der Waals surface area contributed by atoms with E-state index in [-0.39, 0.29) is 24.7 Å². The topological polar surface area (TPSA) is 75.3 Å². The smallest absolute Gasteiger partial charge is 0.244 e. The number of halogens is 1. The van der Waals surface area contributed by atoms with Crippen molar-refractivity contribution in [2.24, 2.45) is 0 Å². The first-order chi connectivity index (χ1) is 12.4. The van der Waals surface area contributed by atoms with Gasteiger partial charge >= 0.3 is 0 Å². The van der Waals surface area contributed by atoms with Gasteiger partial charge in [-0.15, -0.1) is 0 Å². The fourth-order valence-electron chi connectivity index (χ4n) is 2.11. The predicted molar refractivity (Wildman–Crippen MR) is 105 cm³/mol. The van der Waals surface area contributed by atoms with E-state index in [0.717, 1.165) is 16.7 Å². The van der Waals surface area contributed by atoms with Crippen LogP contribution in [0, 0.1) is 6.92 Å². The van der Waals surface area contributed by atoms with E-state index in [9.17, 15) is 13.2 Å². The van der Waals surface area contributed by atoms with Gasteiger partial charge in [0.1, 0.15) is 0 Å². The molecule has 0 aliphatic carbocycles. The zero-order valence-electron chi connectivity index (χ0n) is 14.4. The lowest BCUT2D eigenvalue weighted by atomic mass is 10.1. The SMILES string of the molecule is Cc1ccc(C=CC(=O)NCCS(=O)(=O)NCc2ccccc2)cc1Cl. The van der Waals surface area contributed by atoms with Crippen LogP contribution in [-0.2, 0) is 21.4 Å². The second-order valence-corrected chi connectivity index (χ2v) is 8.09. The summed E-state index contributed by atoms with van der Waals surface area (Å²) in [6.07, 6.45) is 2.98. The van der Waals surface area contributed by atoms with Gasteiger partial charge in [-0.2, -0.15) is 0 Å². The van der Waals surface area contributed by atoms with Crippen LogP contribution in [0.3, 0.4) is 0 Å². The average Bonchev–Trinajstić information content (AvgIpc) is 2.62. The van der Waals surface area contributed by atoms with Crippen LogP contribution in [0.2, 0.25) is 5.02 Å². The molecule has 2 rings (SSSR count). The third kappa shape index (κ3) is 7.00. The van der Waals surface area contributed by atoms with Crippen LogP contribution in [0.5, 0.6) is 0 Å². The number of hydrogen-bond donors (Lipinski definition) is 2. The summed E-state index contributed by atoms with van der Waals surface area (Å²) in [5.41, 5.74) is 2.63. The number of nitrogens with one attached hydrogen (secondary N) is 2. The van der Waals surface area contributed by atoms with Gasteiger partial charge in [-0.3, -0.25) is 4.79 Å². The molecule has 0 atom stereocenters. The summed E-state index contributed by atoms with van der Waals surface area (Å²) < 4.78 is 26.4. The quantitative estimate of drug-likeness (QED) is 0.678. The van der Waals surface area contributed by atoms with Gasteiger partial charge in [-0.1, -0.05) is 54.1 Å². The minimum atomic E-state index is -3.46. The number of amides is 1. The van der Waals surface area contributed by atoms with Gasteiger partial charge in [-0.05, 0) is 35.8 Å². The molecule has 0 unspecified atom stereocenters. The highest BCUT2D eigenvalue weighted by Crippen LogP contribution is 2.17. The maximum Gasteiger partial charge on any atom is 0.244 e. The Morgan fingerprint density at radius 1 is 1.15 bits per heavy atom. The van der Waals surface area contributed by atoms with Crippen molar-refractivity contribution in [3.8, 4) is 0 Å². The second-order valence-electron chi connectivity index (χ2n) is 5.76. The first-order valence-corrected chi connectivity index (χ1v) is 10.1. The second kappa shape index (κ2) is 9.52. The Balaban J connectivity index is 1.76. The molecular formula is C19H21ClN2O3S. The molecule has 26 heavy (non-hydrogen) atoms. The van der Waals surface area contributed by atoms with Crippen LogP contribution < -0.4 is 10.0 Å². The van der Waals surface area contributed by atoms with Crippen molar-refractivity contribution in [2.75, 3.05) is 12.3 Å². The van der Waals surface area contributed by atoms with Gasteiger partial charge in [0.05, 0.1) is 5.75 Å². The Kier molecular flexibility index (Phi) is 7.38. The Hall–Kier alpha value is -2.15. The van der Waals surface area contributed by atoms with Gasteiger partial charge < -0.3 is 5.32 Å². The van der Waals surface area contributed by atoms with E-state index in [0.29, 0.717) is 5.02 Å². The molecule has 0 radical (unpaired) electrons. The van der Waals surface area contributed by atoms with Gasteiger partial charge in [0.15, 0.2) is 0 Å². The molecule has 0 aromatic heterocycles. The van der Waals surface area contributed by atoms with Crippen molar-refractivity contribution in [3.05, 3.63) is 76.3 Å². The minimum Gasteiger partial charge on any atom is -0.351 e. The molecule has 0 fully saturated rings. The molecule has 0 spiro atoms. The van der Waals surface area contributed by atoms with Crippen molar-refractivity contribution in [1.82, 2.24) is 10.0 Å². The third-order valence-electron chi connectivity index (χ3n) is 3.63. The maximum absolute atomic E-state index is 11.9. The van der Waals surface area contributed by atoms with Crippen molar-refractivity contribution in [2.45, 2.75) is 13.5 Å². The lowest BCUT2D eigenvalue weighted by Crippen LogP contribution is -2.33. The zero-order valence-corrected chi connectivity index (χ0v) is 16.0. The molecule has 0 saturated heterocycles. The highest BCUT2D eigenvalue weighted by molar-refractivity contribution is 7.89. The standard InChI is InChI=1S/C19H21ClN2O3S/c1-15-7-8-16(13-18(15)20)9-10-19(23)21-11-12-26(24,25)22-14-17-5-3-2-4-6-17/h2-10,13,22H,11-12,14H2,1H3,(H,21,23). The van der Waals surface area contributed by atoms with Crippen molar-refractivity contribution in [3.63, 3.8) is 0 Å². The van der Waals surface area contributed by atoms with Crippen molar-refractivity contribution < 1.29 is 13.2 Å². The van der Waals surface area contributed by atoms with E-state index in [4.69, 9.17) is 11.6 Å². The molecule has 0 saturated carbocycles. The van der Waals surface area contributed by atoms with Crippen LogP contribution >= 0.6 is 11.6 Å². The van der Waals surface area contributed by atoms with E-state index in [2.05, 4.69) is 10.0 Å². The maximum atomic E-state index is 11.9. The molecule has 0 aliphatic rings. The first-order valence-electron chi connectivity index (χ1n) is 8.09. The first kappa shape index (κ1) is 20.2. The van der Waals surface area contributed by atoms with E-state index in [1.165, 1.54) is 6.08 Å². The molecular weight excluding hydrogens is 372 g/mol. The van der Waals surface area contributed by atoms with Gasteiger partial charge in [0.25, 0.3) is 0 Å². The van der Waals surface area contributed by atoms with Crippen LogP contribution in [0.15, 0.2) is 54.6 Å². The van der Waals surface area contributed by atoms with Gasteiger partial charge in [-0.25, -0.2) is 13.1 Å².